The van der Waals surface area contributed by atoms with Crippen LogP contribution in [-0.2, 0) is 22.5 Å². The largest absolute Gasteiger partial charge is 0.496 e. The molecule has 2 saturated heterocycles. The van der Waals surface area contributed by atoms with Gasteiger partial charge in [-0.3, -0.25) is 4.90 Å². The third-order valence-corrected chi connectivity index (χ3v) is 8.40. The van der Waals surface area contributed by atoms with E-state index in [1.54, 1.807) is 18.9 Å². The van der Waals surface area contributed by atoms with E-state index in [9.17, 15) is 18.4 Å². The van der Waals surface area contributed by atoms with E-state index in [0.717, 1.165) is 67.2 Å². The SMILES string of the molecule is COc1cc2c(cc1-c1ccc(N3CCC3)nc1CN1C(=O)OC(c3cc(F)cc(F)c3)[C@@H]1C)C(CC=O)CC2. The van der Waals surface area contributed by atoms with Gasteiger partial charge in [0.1, 0.15) is 35.6 Å². The van der Waals surface area contributed by atoms with E-state index in [0.29, 0.717) is 17.9 Å². The number of carbonyl (C=O) groups excluding carboxylic acids is 2. The number of hydrogen-bond donors (Lipinski definition) is 0. The number of cyclic esters (lactones) is 1. The zero-order valence-electron chi connectivity index (χ0n) is 22.5. The number of anilines is 1. The van der Waals surface area contributed by atoms with E-state index in [-0.39, 0.29) is 18.0 Å². The highest BCUT2D eigenvalue weighted by atomic mass is 19.1. The maximum atomic E-state index is 14.0. The van der Waals surface area contributed by atoms with Gasteiger partial charge in [0.15, 0.2) is 0 Å². The molecule has 7 nitrogen and oxygen atoms in total. The van der Waals surface area contributed by atoms with Crippen LogP contribution in [0, 0.1) is 11.6 Å². The second kappa shape index (κ2) is 10.5. The van der Waals surface area contributed by atoms with Crippen molar-refractivity contribution < 1.29 is 27.8 Å². The van der Waals surface area contributed by atoms with Crippen LogP contribution in [0.25, 0.3) is 11.1 Å². The maximum Gasteiger partial charge on any atom is 0.411 e. The van der Waals surface area contributed by atoms with E-state index in [1.807, 2.05) is 18.2 Å². The Hall–Kier alpha value is -4.01. The van der Waals surface area contributed by atoms with E-state index >= 15 is 0 Å². The van der Waals surface area contributed by atoms with Gasteiger partial charge in [0.2, 0.25) is 0 Å². The van der Waals surface area contributed by atoms with Crippen LogP contribution >= 0.6 is 0 Å². The first-order valence-corrected chi connectivity index (χ1v) is 13.7. The fourth-order valence-electron chi connectivity index (χ4n) is 6.10. The monoisotopic (exact) mass is 547 g/mol. The van der Waals surface area contributed by atoms with Crippen LogP contribution in [0.3, 0.4) is 0 Å². The van der Waals surface area contributed by atoms with Gasteiger partial charge < -0.3 is 19.2 Å². The van der Waals surface area contributed by atoms with Crippen LogP contribution in [0.15, 0.2) is 42.5 Å². The maximum absolute atomic E-state index is 14.0. The number of nitrogens with zero attached hydrogens (tertiary/aromatic N) is 3. The highest BCUT2D eigenvalue weighted by molar-refractivity contribution is 5.77. The summed E-state index contributed by atoms with van der Waals surface area (Å²) in [5.41, 5.74) is 4.93. The van der Waals surface area contributed by atoms with Crippen LogP contribution < -0.4 is 9.64 Å². The van der Waals surface area contributed by atoms with Crippen molar-refractivity contribution in [3.63, 3.8) is 0 Å². The lowest BCUT2D eigenvalue weighted by atomic mass is 9.93. The highest BCUT2D eigenvalue weighted by Gasteiger charge is 2.41. The summed E-state index contributed by atoms with van der Waals surface area (Å²) >= 11 is 0. The number of aldehydes is 1. The summed E-state index contributed by atoms with van der Waals surface area (Å²) in [6.07, 6.45) is 2.95. The molecule has 9 heteroatoms. The molecule has 0 radical (unpaired) electrons. The van der Waals surface area contributed by atoms with Gasteiger partial charge in [-0.05, 0) is 79.6 Å². The van der Waals surface area contributed by atoms with E-state index in [4.69, 9.17) is 14.5 Å². The molecule has 3 atom stereocenters. The van der Waals surface area contributed by atoms with Crippen molar-refractivity contribution in [3.8, 4) is 16.9 Å². The summed E-state index contributed by atoms with van der Waals surface area (Å²) in [4.78, 5) is 33.1. The first kappa shape index (κ1) is 26.2. The van der Waals surface area contributed by atoms with Crippen LogP contribution in [0.5, 0.6) is 5.75 Å². The molecule has 1 aliphatic carbocycles. The molecule has 2 aromatic carbocycles. The molecular weight excluding hydrogens is 516 g/mol. The number of methoxy groups -OCH3 is 1. The third kappa shape index (κ3) is 4.67. The lowest BCUT2D eigenvalue weighted by Gasteiger charge is -2.33. The number of hydrogen-bond acceptors (Lipinski definition) is 6. The van der Waals surface area contributed by atoms with E-state index in [1.165, 1.54) is 17.7 Å². The van der Waals surface area contributed by atoms with Gasteiger partial charge in [0.25, 0.3) is 0 Å². The molecule has 1 amide bonds. The van der Waals surface area contributed by atoms with E-state index < -0.39 is 29.9 Å². The molecule has 1 aromatic heterocycles. The number of benzene rings is 2. The quantitative estimate of drug-likeness (QED) is 0.325. The Morgan fingerprint density at radius 3 is 2.55 bits per heavy atom. The van der Waals surface area contributed by atoms with Crippen LogP contribution in [0.1, 0.15) is 60.6 Å². The Kier molecular flexibility index (Phi) is 6.90. The molecule has 40 heavy (non-hydrogen) atoms. The zero-order chi connectivity index (χ0) is 28.0. The minimum absolute atomic E-state index is 0.142. The molecule has 0 bridgehead atoms. The first-order chi connectivity index (χ1) is 19.4. The Balaban J connectivity index is 1.39. The van der Waals surface area contributed by atoms with Crippen molar-refractivity contribution >= 4 is 18.2 Å². The number of amides is 1. The van der Waals surface area contributed by atoms with Crippen molar-refractivity contribution in [2.24, 2.45) is 0 Å². The average molecular weight is 548 g/mol. The molecular formula is C31H31F2N3O4. The van der Waals surface area contributed by atoms with Crippen molar-refractivity contribution in [1.82, 2.24) is 9.88 Å². The Bertz CT molecular complexity index is 1450. The topological polar surface area (TPSA) is 72.0 Å². The molecule has 2 aliphatic heterocycles. The van der Waals surface area contributed by atoms with Crippen molar-refractivity contribution in [2.45, 2.75) is 57.2 Å². The minimum Gasteiger partial charge on any atom is -0.496 e. The standard InChI is InChI=1S/C31H31F2N3O4/c1-18-30(21-12-22(32)15-23(33)13-21)40-31(38)36(18)17-27-24(6-7-29(34-27)35-9-3-10-35)26-16-25-19(8-11-37)4-5-20(25)14-28(26)39-2/h6-7,11-16,18-19,30H,3-5,8-10,17H2,1-2H3/t18-,19?,30?/m0/s1. The number of pyridine rings is 1. The summed E-state index contributed by atoms with van der Waals surface area (Å²) in [6.45, 7) is 3.77. The molecule has 0 saturated carbocycles. The lowest BCUT2D eigenvalue weighted by molar-refractivity contribution is -0.108. The molecule has 208 valence electrons. The Morgan fingerprint density at radius 2 is 1.88 bits per heavy atom. The zero-order valence-corrected chi connectivity index (χ0v) is 22.5. The summed E-state index contributed by atoms with van der Waals surface area (Å²) in [5, 5.41) is 0. The van der Waals surface area contributed by atoms with Gasteiger partial charge in [-0.15, -0.1) is 0 Å². The Labute approximate surface area is 231 Å². The predicted octanol–water partition coefficient (Wildman–Crippen LogP) is 5.95. The molecule has 3 heterocycles. The van der Waals surface area contributed by atoms with Gasteiger partial charge >= 0.3 is 6.09 Å². The molecule has 3 aliphatic rings. The highest BCUT2D eigenvalue weighted by Crippen LogP contribution is 2.44. The smallest absolute Gasteiger partial charge is 0.411 e. The summed E-state index contributed by atoms with van der Waals surface area (Å²) in [5.74, 6) is 0.247. The van der Waals surface area contributed by atoms with Gasteiger partial charge in [0, 0.05) is 42.3 Å². The van der Waals surface area contributed by atoms with Crippen LogP contribution in [0.2, 0.25) is 0 Å². The average Bonchev–Trinajstić information content (AvgIpc) is 3.42. The van der Waals surface area contributed by atoms with E-state index in [2.05, 4.69) is 11.0 Å². The second-order valence-corrected chi connectivity index (χ2v) is 10.8. The number of aryl methyl sites for hydroxylation is 1. The number of ether oxygens (including phenoxy) is 2. The Morgan fingerprint density at radius 1 is 1.10 bits per heavy atom. The molecule has 6 rings (SSSR count). The third-order valence-electron chi connectivity index (χ3n) is 8.40. The minimum atomic E-state index is -0.821. The van der Waals surface area contributed by atoms with Gasteiger partial charge in [-0.25, -0.2) is 18.6 Å². The van der Waals surface area contributed by atoms with Gasteiger partial charge in [0.05, 0.1) is 25.4 Å². The number of aromatic nitrogens is 1. The fraction of sp³-hybridized carbons (Fsp3) is 0.387. The molecule has 3 aromatic rings. The fourth-order valence-corrected chi connectivity index (χ4v) is 6.10. The summed E-state index contributed by atoms with van der Waals surface area (Å²) in [6, 6.07) is 10.8. The molecule has 0 N–H and O–H groups in total. The summed E-state index contributed by atoms with van der Waals surface area (Å²) < 4.78 is 39.3. The molecule has 0 spiro atoms. The number of fused-ring (bicyclic) bond motifs is 1. The predicted molar refractivity (Wildman–Crippen MR) is 145 cm³/mol. The number of halogens is 2. The number of carbonyl (C=O) groups is 2. The van der Waals surface area contributed by atoms with Crippen molar-refractivity contribution in [2.75, 3.05) is 25.1 Å². The first-order valence-electron chi connectivity index (χ1n) is 13.7. The summed E-state index contributed by atoms with van der Waals surface area (Å²) in [7, 11) is 1.63. The van der Waals surface area contributed by atoms with Gasteiger partial charge in [-0.1, -0.05) is 0 Å². The second-order valence-electron chi connectivity index (χ2n) is 10.8. The number of rotatable bonds is 8. The normalized spacial score (nSPS) is 21.7. The van der Waals surface area contributed by atoms with Gasteiger partial charge in [-0.2, -0.15) is 0 Å². The van der Waals surface area contributed by atoms with Crippen molar-refractivity contribution in [1.29, 1.82) is 0 Å². The molecule has 2 fully saturated rings. The van der Waals surface area contributed by atoms with Crippen LogP contribution in [-0.4, -0.2) is 48.5 Å². The van der Waals surface area contributed by atoms with Crippen molar-refractivity contribution in [3.05, 3.63) is 76.5 Å². The van der Waals surface area contributed by atoms with Crippen LogP contribution in [0.4, 0.5) is 19.4 Å². The lowest BCUT2D eigenvalue weighted by Crippen LogP contribution is -2.38. The molecule has 2 unspecified atom stereocenters.